The standard InChI is InChI=1S/C16H20N4OS2/c1-10-6-11(2)8-19(7-10)13(12-4-3-5-22-12)14-15(21)20-16(23-14)17-9-18-20/h3-5,9-11,13,21H,6-8H2,1-2H3. The number of likely N-dealkylation sites (tertiary alicyclic amines) is 1. The van der Waals surface area contributed by atoms with Crippen LogP contribution in [0.4, 0.5) is 0 Å². The van der Waals surface area contributed by atoms with Crippen LogP contribution in [0.25, 0.3) is 4.96 Å². The number of hydrogen-bond acceptors (Lipinski definition) is 6. The highest BCUT2D eigenvalue weighted by atomic mass is 32.1. The number of nitrogens with zero attached hydrogens (tertiary/aromatic N) is 4. The van der Waals surface area contributed by atoms with Crippen LogP contribution in [0.5, 0.6) is 5.88 Å². The summed E-state index contributed by atoms with van der Waals surface area (Å²) in [6.45, 7) is 6.74. The second-order valence-corrected chi connectivity index (χ2v) is 8.55. The van der Waals surface area contributed by atoms with E-state index in [0.717, 1.165) is 22.9 Å². The summed E-state index contributed by atoms with van der Waals surface area (Å²) in [6, 6.07) is 4.33. The molecule has 3 aromatic rings. The van der Waals surface area contributed by atoms with Crippen molar-refractivity contribution >= 4 is 27.6 Å². The Balaban J connectivity index is 1.79. The van der Waals surface area contributed by atoms with E-state index in [9.17, 15) is 5.11 Å². The molecule has 0 saturated carbocycles. The Morgan fingerprint density at radius 2 is 2.09 bits per heavy atom. The van der Waals surface area contributed by atoms with Crippen LogP contribution in [0.1, 0.15) is 36.1 Å². The van der Waals surface area contributed by atoms with Crippen molar-refractivity contribution in [3.8, 4) is 5.88 Å². The Morgan fingerprint density at radius 1 is 1.30 bits per heavy atom. The third-order valence-corrected chi connectivity index (χ3v) is 6.47. The van der Waals surface area contributed by atoms with E-state index in [2.05, 4.69) is 46.3 Å². The molecule has 0 amide bonds. The summed E-state index contributed by atoms with van der Waals surface area (Å²) in [5.74, 6) is 1.57. The minimum Gasteiger partial charge on any atom is -0.492 e. The number of aromatic nitrogens is 3. The monoisotopic (exact) mass is 348 g/mol. The zero-order chi connectivity index (χ0) is 16.0. The molecule has 122 valence electrons. The SMILES string of the molecule is CC1CC(C)CN(C(c2cccs2)c2sc3ncnn3c2O)C1. The van der Waals surface area contributed by atoms with Crippen LogP contribution in [0.2, 0.25) is 0 Å². The molecule has 4 rings (SSSR count). The summed E-state index contributed by atoms with van der Waals surface area (Å²) in [7, 11) is 0. The second kappa shape index (κ2) is 5.89. The van der Waals surface area contributed by atoms with E-state index in [1.54, 1.807) is 11.3 Å². The molecule has 3 aromatic heterocycles. The van der Waals surface area contributed by atoms with Crippen LogP contribution in [0, 0.1) is 11.8 Å². The molecule has 0 radical (unpaired) electrons. The minimum absolute atomic E-state index is 0.0914. The third kappa shape index (κ3) is 2.66. The molecule has 1 saturated heterocycles. The molecule has 0 aromatic carbocycles. The van der Waals surface area contributed by atoms with Crippen LogP contribution in [0.15, 0.2) is 23.8 Å². The summed E-state index contributed by atoms with van der Waals surface area (Å²) < 4.78 is 1.54. The number of thiazole rings is 1. The highest BCUT2D eigenvalue weighted by Gasteiger charge is 2.33. The number of thiophene rings is 1. The molecule has 1 fully saturated rings. The lowest BCUT2D eigenvalue weighted by Gasteiger charge is -2.39. The lowest BCUT2D eigenvalue weighted by molar-refractivity contribution is 0.113. The van der Waals surface area contributed by atoms with Crippen molar-refractivity contribution < 1.29 is 5.11 Å². The predicted molar refractivity (Wildman–Crippen MR) is 93.2 cm³/mol. The van der Waals surface area contributed by atoms with Gasteiger partial charge in [-0.3, -0.25) is 4.90 Å². The first-order chi connectivity index (χ1) is 11.1. The van der Waals surface area contributed by atoms with E-state index in [1.807, 2.05) is 0 Å². The maximum absolute atomic E-state index is 10.7. The Hall–Kier alpha value is -1.44. The first-order valence-corrected chi connectivity index (χ1v) is 9.62. The number of rotatable bonds is 3. The number of fused-ring (bicyclic) bond motifs is 1. The summed E-state index contributed by atoms with van der Waals surface area (Å²) >= 11 is 3.28. The van der Waals surface area contributed by atoms with Gasteiger partial charge in [-0.1, -0.05) is 31.3 Å². The summed E-state index contributed by atoms with van der Waals surface area (Å²) in [6.07, 6.45) is 2.76. The van der Waals surface area contributed by atoms with Crippen LogP contribution < -0.4 is 0 Å². The van der Waals surface area contributed by atoms with E-state index in [4.69, 9.17) is 0 Å². The summed E-state index contributed by atoms with van der Waals surface area (Å²) in [5, 5.41) is 16.9. The lowest BCUT2D eigenvalue weighted by atomic mass is 9.90. The molecule has 3 unspecified atom stereocenters. The van der Waals surface area contributed by atoms with Crippen molar-refractivity contribution in [3.63, 3.8) is 0 Å². The molecule has 0 bridgehead atoms. The average Bonchev–Trinajstić information content (AvgIpc) is 3.20. The van der Waals surface area contributed by atoms with Gasteiger partial charge < -0.3 is 5.11 Å². The van der Waals surface area contributed by atoms with Crippen LogP contribution in [-0.2, 0) is 0 Å². The molecule has 1 aliphatic heterocycles. The van der Waals surface area contributed by atoms with Crippen molar-refractivity contribution in [2.75, 3.05) is 13.1 Å². The van der Waals surface area contributed by atoms with Gasteiger partial charge in [0.25, 0.3) is 0 Å². The zero-order valence-electron chi connectivity index (χ0n) is 13.2. The van der Waals surface area contributed by atoms with E-state index >= 15 is 0 Å². The molecular formula is C16H20N4OS2. The fraction of sp³-hybridized carbons (Fsp3) is 0.500. The van der Waals surface area contributed by atoms with E-state index in [1.165, 1.54) is 33.5 Å². The quantitative estimate of drug-likeness (QED) is 0.785. The number of piperidine rings is 1. The van der Waals surface area contributed by atoms with E-state index in [-0.39, 0.29) is 11.9 Å². The molecule has 23 heavy (non-hydrogen) atoms. The molecule has 4 heterocycles. The van der Waals surface area contributed by atoms with Crippen LogP contribution >= 0.6 is 22.7 Å². The van der Waals surface area contributed by atoms with Crippen molar-refractivity contribution in [1.29, 1.82) is 0 Å². The molecule has 5 nitrogen and oxygen atoms in total. The fourth-order valence-corrected chi connectivity index (χ4v) is 5.74. The summed E-state index contributed by atoms with van der Waals surface area (Å²) in [5.41, 5.74) is 0. The first-order valence-electron chi connectivity index (χ1n) is 7.92. The summed E-state index contributed by atoms with van der Waals surface area (Å²) in [4.78, 5) is 9.71. The normalized spacial score (nSPS) is 24.3. The van der Waals surface area contributed by atoms with Crippen molar-refractivity contribution in [2.24, 2.45) is 11.8 Å². The third-order valence-electron chi connectivity index (χ3n) is 4.46. The molecular weight excluding hydrogens is 328 g/mol. The predicted octanol–water partition coefficient (Wildman–Crippen LogP) is 3.63. The van der Waals surface area contributed by atoms with Crippen molar-refractivity contribution in [2.45, 2.75) is 26.3 Å². The average molecular weight is 348 g/mol. The first kappa shape index (κ1) is 15.1. The largest absolute Gasteiger partial charge is 0.492 e. The van der Waals surface area contributed by atoms with E-state index < -0.39 is 0 Å². The number of hydrogen-bond donors (Lipinski definition) is 1. The van der Waals surface area contributed by atoms with Crippen LogP contribution in [-0.4, -0.2) is 37.7 Å². The van der Waals surface area contributed by atoms with Gasteiger partial charge in [0.2, 0.25) is 10.8 Å². The Bertz CT molecular complexity index is 784. The van der Waals surface area contributed by atoms with Gasteiger partial charge in [0.05, 0.1) is 10.9 Å². The van der Waals surface area contributed by atoms with Gasteiger partial charge >= 0.3 is 0 Å². The van der Waals surface area contributed by atoms with Gasteiger partial charge in [0.1, 0.15) is 6.33 Å². The van der Waals surface area contributed by atoms with Gasteiger partial charge in [0.15, 0.2) is 0 Å². The minimum atomic E-state index is 0.0914. The molecule has 1 aliphatic rings. The van der Waals surface area contributed by atoms with Crippen LogP contribution in [0.3, 0.4) is 0 Å². The smallest absolute Gasteiger partial charge is 0.230 e. The maximum Gasteiger partial charge on any atom is 0.230 e. The molecule has 1 N–H and O–H groups in total. The number of aromatic hydroxyl groups is 1. The van der Waals surface area contributed by atoms with Gasteiger partial charge in [-0.2, -0.15) is 9.61 Å². The Kier molecular flexibility index (Phi) is 3.87. The lowest BCUT2D eigenvalue weighted by Crippen LogP contribution is -2.41. The highest BCUT2D eigenvalue weighted by Crippen LogP contribution is 2.42. The Morgan fingerprint density at radius 3 is 2.74 bits per heavy atom. The zero-order valence-corrected chi connectivity index (χ0v) is 14.8. The highest BCUT2D eigenvalue weighted by molar-refractivity contribution is 7.17. The Labute approximate surface area is 143 Å². The van der Waals surface area contributed by atoms with Gasteiger partial charge in [-0.25, -0.2) is 4.98 Å². The fourth-order valence-electron chi connectivity index (χ4n) is 3.72. The van der Waals surface area contributed by atoms with Gasteiger partial charge in [-0.15, -0.1) is 11.3 Å². The molecule has 3 atom stereocenters. The van der Waals surface area contributed by atoms with Gasteiger partial charge in [-0.05, 0) is 29.7 Å². The topological polar surface area (TPSA) is 53.7 Å². The molecule has 7 heteroatoms. The van der Waals surface area contributed by atoms with Crippen molar-refractivity contribution in [3.05, 3.63) is 33.6 Å². The molecule has 0 spiro atoms. The maximum atomic E-state index is 10.7. The van der Waals surface area contributed by atoms with Gasteiger partial charge in [0, 0.05) is 18.0 Å². The molecule has 0 aliphatic carbocycles. The van der Waals surface area contributed by atoms with E-state index in [0.29, 0.717) is 11.8 Å². The second-order valence-electron chi connectivity index (χ2n) is 6.56. The van der Waals surface area contributed by atoms with Crippen molar-refractivity contribution in [1.82, 2.24) is 19.5 Å².